The molecule has 2 heterocycles. The molecule has 90 valence electrons. The van der Waals surface area contributed by atoms with Crippen LogP contribution in [-0.2, 0) is 12.8 Å². The van der Waals surface area contributed by atoms with E-state index in [-0.39, 0.29) is 6.10 Å². The van der Waals surface area contributed by atoms with Gasteiger partial charge in [0.2, 0.25) is 0 Å². The smallest absolute Gasteiger partial charge is 0.195 e. The summed E-state index contributed by atoms with van der Waals surface area (Å²) < 4.78 is 5.43. The van der Waals surface area contributed by atoms with E-state index in [4.69, 9.17) is 4.42 Å². The molecule has 16 heavy (non-hydrogen) atoms. The minimum absolute atomic E-state index is 0.345. The average Bonchev–Trinajstić information content (AvgIpc) is 2.66. The zero-order valence-electron chi connectivity index (χ0n) is 9.69. The van der Waals surface area contributed by atoms with Gasteiger partial charge in [-0.3, -0.25) is 0 Å². The van der Waals surface area contributed by atoms with Crippen LogP contribution in [0.3, 0.4) is 0 Å². The van der Waals surface area contributed by atoms with Gasteiger partial charge in [-0.2, -0.15) is 11.8 Å². The molecule has 0 amide bonds. The molecule has 1 aromatic rings. The van der Waals surface area contributed by atoms with E-state index >= 15 is 0 Å². The maximum atomic E-state index is 9.25. The summed E-state index contributed by atoms with van der Waals surface area (Å²) in [7, 11) is 0. The summed E-state index contributed by atoms with van der Waals surface area (Å²) in [5.74, 6) is 2.10. The predicted octanol–water partition coefficient (Wildman–Crippen LogP) is 2.43. The molecule has 2 atom stereocenters. The Hall–Kier alpha value is -0.480. The SMILES string of the molecule is CC(O)Cc1coc(CC2CCCCS2)n1. The zero-order valence-corrected chi connectivity index (χ0v) is 10.5. The first-order valence-electron chi connectivity index (χ1n) is 5.97. The van der Waals surface area contributed by atoms with Gasteiger partial charge in [-0.15, -0.1) is 0 Å². The second-order valence-corrected chi connectivity index (χ2v) is 5.89. The zero-order chi connectivity index (χ0) is 11.4. The molecule has 0 saturated carbocycles. The summed E-state index contributed by atoms with van der Waals surface area (Å²) in [6.07, 6.45) is 6.81. The van der Waals surface area contributed by atoms with Gasteiger partial charge in [-0.25, -0.2) is 4.98 Å². The summed E-state index contributed by atoms with van der Waals surface area (Å²) >= 11 is 2.03. The van der Waals surface area contributed by atoms with Gasteiger partial charge in [-0.1, -0.05) is 6.42 Å². The number of nitrogens with zero attached hydrogens (tertiary/aromatic N) is 1. The normalized spacial score (nSPS) is 23.2. The first-order chi connectivity index (χ1) is 7.74. The number of rotatable bonds is 4. The van der Waals surface area contributed by atoms with Crippen molar-refractivity contribution in [2.45, 2.75) is 50.4 Å². The Balaban J connectivity index is 1.86. The number of aliphatic hydroxyl groups is 1. The molecule has 1 N–H and O–H groups in total. The van der Waals surface area contributed by atoms with Crippen molar-refractivity contribution in [1.82, 2.24) is 4.98 Å². The molecule has 1 aromatic heterocycles. The fourth-order valence-electron chi connectivity index (χ4n) is 2.00. The van der Waals surface area contributed by atoms with Crippen LogP contribution in [0.25, 0.3) is 0 Å². The molecule has 0 aliphatic carbocycles. The molecule has 3 nitrogen and oxygen atoms in total. The van der Waals surface area contributed by atoms with E-state index in [0.29, 0.717) is 11.7 Å². The van der Waals surface area contributed by atoms with Crippen molar-refractivity contribution in [3.63, 3.8) is 0 Å². The first-order valence-corrected chi connectivity index (χ1v) is 7.02. The van der Waals surface area contributed by atoms with E-state index in [0.717, 1.165) is 18.0 Å². The van der Waals surface area contributed by atoms with Gasteiger partial charge in [0, 0.05) is 18.1 Å². The number of hydrogen-bond acceptors (Lipinski definition) is 4. The Bertz CT molecular complexity index is 319. The molecule has 2 unspecified atom stereocenters. The maximum absolute atomic E-state index is 9.25. The fourth-order valence-corrected chi connectivity index (χ4v) is 3.30. The third-order valence-electron chi connectivity index (χ3n) is 2.78. The van der Waals surface area contributed by atoms with Crippen molar-refractivity contribution >= 4 is 11.8 Å². The summed E-state index contributed by atoms with van der Waals surface area (Å²) in [4.78, 5) is 4.40. The van der Waals surface area contributed by atoms with E-state index < -0.39 is 0 Å². The van der Waals surface area contributed by atoms with Gasteiger partial charge in [0.1, 0.15) is 6.26 Å². The van der Waals surface area contributed by atoms with Gasteiger partial charge in [-0.05, 0) is 25.5 Å². The molecule has 1 aliphatic heterocycles. The van der Waals surface area contributed by atoms with Crippen LogP contribution in [0, 0.1) is 0 Å². The Morgan fingerprint density at radius 1 is 1.62 bits per heavy atom. The van der Waals surface area contributed by atoms with Crippen LogP contribution in [0.2, 0.25) is 0 Å². The molecule has 0 aromatic carbocycles. The van der Waals surface area contributed by atoms with Crippen LogP contribution < -0.4 is 0 Å². The molecule has 1 fully saturated rings. The molecule has 1 saturated heterocycles. The average molecular weight is 241 g/mol. The van der Waals surface area contributed by atoms with Crippen LogP contribution in [0.15, 0.2) is 10.7 Å². The van der Waals surface area contributed by atoms with Crippen LogP contribution in [-0.4, -0.2) is 27.2 Å². The first kappa shape index (κ1) is 12.0. The lowest BCUT2D eigenvalue weighted by molar-refractivity contribution is 0.194. The highest BCUT2D eigenvalue weighted by Crippen LogP contribution is 2.27. The standard InChI is InChI=1S/C12H19NO2S/c1-9(14)6-10-8-15-12(13-10)7-11-4-2-3-5-16-11/h8-9,11,14H,2-7H2,1H3. The number of hydrogen-bond donors (Lipinski definition) is 1. The van der Waals surface area contributed by atoms with E-state index in [9.17, 15) is 5.11 Å². The Kier molecular flexibility index (Phi) is 4.29. The lowest BCUT2D eigenvalue weighted by atomic mass is 10.1. The summed E-state index contributed by atoms with van der Waals surface area (Å²) in [6, 6.07) is 0. The molecule has 0 bridgehead atoms. The molecule has 4 heteroatoms. The second kappa shape index (κ2) is 5.73. The molecule has 0 spiro atoms. The fraction of sp³-hybridized carbons (Fsp3) is 0.750. The van der Waals surface area contributed by atoms with Crippen LogP contribution in [0.1, 0.15) is 37.8 Å². The van der Waals surface area contributed by atoms with Crippen molar-refractivity contribution in [2.24, 2.45) is 0 Å². The van der Waals surface area contributed by atoms with E-state index in [2.05, 4.69) is 4.98 Å². The highest BCUT2D eigenvalue weighted by Gasteiger charge is 2.17. The van der Waals surface area contributed by atoms with Crippen molar-refractivity contribution < 1.29 is 9.52 Å². The Labute approximate surface area is 101 Å². The highest BCUT2D eigenvalue weighted by atomic mass is 32.2. The van der Waals surface area contributed by atoms with Crippen molar-refractivity contribution in [3.05, 3.63) is 17.8 Å². The third-order valence-corrected chi connectivity index (χ3v) is 4.18. The third kappa shape index (κ3) is 3.52. The lowest BCUT2D eigenvalue weighted by Gasteiger charge is -2.19. The van der Waals surface area contributed by atoms with Crippen LogP contribution in [0.4, 0.5) is 0 Å². The van der Waals surface area contributed by atoms with Crippen molar-refractivity contribution in [2.75, 3.05) is 5.75 Å². The van der Waals surface area contributed by atoms with Crippen molar-refractivity contribution in [3.8, 4) is 0 Å². The van der Waals surface area contributed by atoms with E-state index in [1.54, 1.807) is 13.2 Å². The summed E-state index contributed by atoms with van der Waals surface area (Å²) in [6.45, 7) is 1.77. The lowest BCUT2D eigenvalue weighted by Crippen LogP contribution is -2.12. The van der Waals surface area contributed by atoms with Gasteiger partial charge in [0.15, 0.2) is 5.89 Å². The largest absolute Gasteiger partial charge is 0.449 e. The van der Waals surface area contributed by atoms with Crippen molar-refractivity contribution in [1.29, 1.82) is 0 Å². The van der Waals surface area contributed by atoms with Gasteiger partial charge < -0.3 is 9.52 Å². The minimum Gasteiger partial charge on any atom is -0.449 e. The van der Waals surface area contributed by atoms with Gasteiger partial charge in [0.25, 0.3) is 0 Å². The summed E-state index contributed by atoms with van der Waals surface area (Å²) in [5.41, 5.74) is 0.866. The van der Waals surface area contributed by atoms with Crippen LogP contribution in [0.5, 0.6) is 0 Å². The second-order valence-electron chi connectivity index (χ2n) is 4.48. The monoisotopic (exact) mass is 241 g/mol. The molecule has 0 radical (unpaired) electrons. The topological polar surface area (TPSA) is 46.3 Å². The minimum atomic E-state index is -0.345. The van der Waals surface area contributed by atoms with Crippen LogP contribution >= 0.6 is 11.8 Å². The predicted molar refractivity (Wildman–Crippen MR) is 65.7 cm³/mol. The molecule has 1 aliphatic rings. The maximum Gasteiger partial charge on any atom is 0.195 e. The Morgan fingerprint density at radius 2 is 2.50 bits per heavy atom. The molecule has 2 rings (SSSR count). The van der Waals surface area contributed by atoms with Gasteiger partial charge >= 0.3 is 0 Å². The van der Waals surface area contributed by atoms with Gasteiger partial charge in [0.05, 0.1) is 11.8 Å². The summed E-state index contributed by atoms with van der Waals surface area (Å²) in [5, 5.41) is 9.92. The highest BCUT2D eigenvalue weighted by molar-refractivity contribution is 7.99. The number of aliphatic hydroxyl groups excluding tert-OH is 1. The van der Waals surface area contributed by atoms with E-state index in [1.165, 1.54) is 25.0 Å². The van der Waals surface area contributed by atoms with E-state index in [1.807, 2.05) is 11.8 Å². The molecular formula is C12H19NO2S. The quantitative estimate of drug-likeness (QED) is 0.879. The number of oxazole rings is 1. The number of aromatic nitrogens is 1. The number of thioether (sulfide) groups is 1. The molecular weight excluding hydrogens is 222 g/mol. The Morgan fingerprint density at radius 3 is 3.19 bits per heavy atom.